The van der Waals surface area contributed by atoms with Crippen molar-refractivity contribution in [3.05, 3.63) is 60.0 Å². The van der Waals surface area contributed by atoms with Crippen molar-refractivity contribution < 1.29 is 5.11 Å². The summed E-state index contributed by atoms with van der Waals surface area (Å²) in [5, 5.41) is 20.7. The number of nitrogens with zero attached hydrogens (tertiary/aromatic N) is 4. The molecule has 1 aliphatic heterocycles. The molecule has 4 heterocycles. The third-order valence-electron chi connectivity index (χ3n) is 5.39. The van der Waals surface area contributed by atoms with Gasteiger partial charge in [-0.1, -0.05) is 24.3 Å². The summed E-state index contributed by atoms with van der Waals surface area (Å²) in [7, 11) is 0. The number of aromatic nitrogens is 3. The van der Waals surface area contributed by atoms with Crippen LogP contribution in [0.5, 0.6) is 0 Å². The number of aromatic amines is 1. The Morgan fingerprint density at radius 3 is 2.71 bits per heavy atom. The maximum atomic E-state index is 9.67. The van der Waals surface area contributed by atoms with Gasteiger partial charge in [-0.25, -0.2) is 9.97 Å². The van der Waals surface area contributed by atoms with E-state index in [-0.39, 0.29) is 6.10 Å². The summed E-state index contributed by atoms with van der Waals surface area (Å²) >= 11 is 0. The zero-order valence-corrected chi connectivity index (χ0v) is 15.3. The monoisotopic (exact) mass is 369 g/mol. The molecule has 0 bridgehead atoms. The van der Waals surface area contributed by atoms with E-state index in [4.69, 9.17) is 5.26 Å². The van der Waals surface area contributed by atoms with Crippen LogP contribution >= 0.6 is 0 Å². The number of H-pyrrole nitrogens is 1. The molecule has 0 amide bonds. The van der Waals surface area contributed by atoms with Crippen molar-refractivity contribution in [1.29, 1.82) is 5.26 Å². The number of benzene rings is 1. The number of nitrogens with one attached hydrogen (secondary N) is 1. The second-order valence-corrected chi connectivity index (χ2v) is 7.35. The van der Waals surface area contributed by atoms with Crippen LogP contribution < -0.4 is 0 Å². The number of hydrogen-bond donors (Lipinski definition) is 2. The van der Waals surface area contributed by atoms with E-state index < -0.39 is 0 Å². The van der Waals surface area contributed by atoms with Crippen molar-refractivity contribution in [2.75, 3.05) is 13.1 Å². The smallest absolute Gasteiger partial charge is 0.141 e. The van der Waals surface area contributed by atoms with Crippen molar-refractivity contribution in [1.82, 2.24) is 19.9 Å². The quantitative estimate of drug-likeness (QED) is 0.579. The zero-order chi connectivity index (χ0) is 19.1. The molecular weight excluding hydrogens is 350 g/mol. The predicted octanol–water partition coefficient (Wildman–Crippen LogP) is 3.22. The van der Waals surface area contributed by atoms with Gasteiger partial charge in [0.05, 0.1) is 17.8 Å². The second-order valence-electron chi connectivity index (χ2n) is 7.35. The van der Waals surface area contributed by atoms with Crippen LogP contribution in [0, 0.1) is 11.3 Å². The molecule has 1 fully saturated rings. The summed E-state index contributed by atoms with van der Waals surface area (Å²) in [5.41, 5.74) is 5.44. The molecule has 1 unspecified atom stereocenters. The summed E-state index contributed by atoms with van der Waals surface area (Å²) < 4.78 is 0. The number of β-amino-alcohol motifs (C(OH)–C–C–N with tert-alkyl or cyclic N) is 1. The number of aliphatic hydroxyl groups excluding tert-OH is 1. The molecule has 6 heteroatoms. The molecule has 0 radical (unpaired) electrons. The van der Waals surface area contributed by atoms with Crippen LogP contribution in [0.4, 0.5) is 0 Å². The average molecular weight is 369 g/mol. The third-order valence-corrected chi connectivity index (χ3v) is 5.39. The highest BCUT2D eigenvalue weighted by Crippen LogP contribution is 2.29. The summed E-state index contributed by atoms with van der Waals surface area (Å²) in [4.78, 5) is 14.2. The van der Waals surface area contributed by atoms with Gasteiger partial charge >= 0.3 is 0 Å². The molecule has 0 aliphatic carbocycles. The van der Waals surface area contributed by atoms with Crippen molar-refractivity contribution in [3.8, 4) is 17.2 Å². The lowest BCUT2D eigenvalue weighted by molar-refractivity contribution is 0.175. The lowest BCUT2D eigenvalue weighted by atomic mass is 10.0. The van der Waals surface area contributed by atoms with E-state index in [1.165, 1.54) is 5.56 Å². The molecule has 1 atom stereocenters. The minimum absolute atomic E-state index is 0.190. The van der Waals surface area contributed by atoms with Crippen LogP contribution in [-0.4, -0.2) is 44.2 Å². The lowest BCUT2D eigenvalue weighted by Gasteiger charge is -2.15. The Morgan fingerprint density at radius 1 is 1.11 bits per heavy atom. The van der Waals surface area contributed by atoms with Gasteiger partial charge in [-0.3, -0.25) is 4.90 Å². The lowest BCUT2D eigenvalue weighted by Crippen LogP contribution is -2.21. The maximum absolute atomic E-state index is 9.67. The van der Waals surface area contributed by atoms with Crippen LogP contribution in [0.2, 0.25) is 0 Å². The van der Waals surface area contributed by atoms with Gasteiger partial charge in [0.15, 0.2) is 0 Å². The van der Waals surface area contributed by atoms with Gasteiger partial charge in [0.1, 0.15) is 17.4 Å². The van der Waals surface area contributed by atoms with Gasteiger partial charge in [-0.05, 0) is 29.7 Å². The summed E-state index contributed by atoms with van der Waals surface area (Å²) in [5.74, 6) is 0. The highest BCUT2D eigenvalue weighted by Gasteiger charge is 2.19. The normalized spacial score (nSPS) is 17.4. The van der Waals surface area contributed by atoms with Crippen LogP contribution in [0.1, 0.15) is 17.7 Å². The molecule has 4 aromatic rings. The number of pyridine rings is 2. The number of aliphatic hydroxyl groups is 1. The number of rotatable bonds is 3. The van der Waals surface area contributed by atoms with E-state index in [1.54, 1.807) is 12.3 Å². The largest absolute Gasteiger partial charge is 0.392 e. The molecular formula is C22H19N5O. The first-order valence-corrected chi connectivity index (χ1v) is 9.37. The Labute approximate surface area is 162 Å². The maximum Gasteiger partial charge on any atom is 0.141 e. The fourth-order valence-electron chi connectivity index (χ4n) is 3.91. The van der Waals surface area contributed by atoms with Gasteiger partial charge < -0.3 is 10.1 Å². The van der Waals surface area contributed by atoms with Gasteiger partial charge in [-0.15, -0.1) is 0 Å². The number of hydrogen-bond acceptors (Lipinski definition) is 5. The Hall–Kier alpha value is -3.27. The first-order valence-electron chi connectivity index (χ1n) is 9.37. The number of nitriles is 1. The molecule has 1 saturated heterocycles. The summed E-state index contributed by atoms with van der Waals surface area (Å²) in [6.45, 7) is 2.56. The van der Waals surface area contributed by atoms with E-state index in [0.717, 1.165) is 59.1 Å². The van der Waals surface area contributed by atoms with Crippen molar-refractivity contribution in [2.45, 2.75) is 19.1 Å². The van der Waals surface area contributed by atoms with E-state index >= 15 is 0 Å². The molecule has 1 aliphatic rings. The molecule has 2 N–H and O–H groups in total. The minimum Gasteiger partial charge on any atom is -0.392 e. The second kappa shape index (κ2) is 6.71. The molecule has 1 aromatic carbocycles. The van der Waals surface area contributed by atoms with E-state index in [0.29, 0.717) is 5.69 Å². The highest BCUT2D eigenvalue weighted by molar-refractivity contribution is 6.06. The van der Waals surface area contributed by atoms with Crippen molar-refractivity contribution in [3.63, 3.8) is 0 Å². The Morgan fingerprint density at radius 2 is 1.96 bits per heavy atom. The zero-order valence-electron chi connectivity index (χ0n) is 15.3. The van der Waals surface area contributed by atoms with Gasteiger partial charge in [-0.2, -0.15) is 5.26 Å². The van der Waals surface area contributed by atoms with Crippen LogP contribution in [0.3, 0.4) is 0 Å². The highest BCUT2D eigenvalue weighted by atomic mass is 16.3. The minimum atomic E-state index is -0.190. The number of fused-ring (bicyclic) bond motifs is 3. The Balaban J connectivity index is 1.47. The summed E-state index contributed by atoms with van der Waals surface area (Å²) in [6, 6.07) is 14.5. The van der Waals surface area contributed by atoms with Crippen LogP contribution in [0.15, 0.2) is 48.8 Å². The van der Waals surface area contributed by atoms with Crippen molar-refractivity contribution >= 4 is 21.9 Å². The summed E-state index contributed by atoms with van der Waals surface area (Å²) in [6.07, 6.45) is 4.21. The molecule has 138 valence electrons. The number of likely N-dealkylation sites (tertiary alicyclic amines) is 1. The van der Waals surface area contributed by atoms with E-state index in [1.807, 2.05) is 6.20 Å². The third kappa shape index (κ3) is 3.01. The molecule has 28 heavy (non-hydrogen) atoms. The first-order chi connectivity index (χ1) is 13.7. The van der Waals surface area contributed by atoms with E-state index in [9.17, 15) is 5.11 Å². The van der Waals surface area contributed by atoms with Crippen molar-refractivity contribution in [2.24, 2.45) is 0 Å². The molecule has 0 saturated carbocycles. The fraction of sp³-hybridized carbons (Fsp3) is 0.227. The molecule has 3 aromatic heterocycles. The van der Waals surface area contributed by atoms with E-state index in [2.05, 4.69) is 56.3 Å². The standard InChI is InChI=1S/C22H19N5O/c23-9-17-8-19-20-7-16(10-25-22(20)26-21(19)11-24-17)15-3-1-14(2-4-15)12-27-6-5-18(28)13-27/h1-4,7-8,10-11,18,28H,5-6,12-13H2,(H,25,26). The molecule has 5 rings (SSSR count). The van der Waals surface area contributed by atoms with Gasteiger partial charge in [0.2, 0.25) is 0 Å². The van der Waals surface area contributed by atoms with Gasteiger partial charge in [0.25, 0.3) is 0 Å². The van der Waals surface area contributed by atoms with Crippen LogP contribution in [-0.2, 0) is 6.54 Å². The Kier molecular flexibility index (Phi) is 4.05. The predicted molar refractivity (Wildman–Crippen MR) is 107 cm³/mol. The average Bonchev–Trinajstić information content (AvgIpc) is 3.30. The van der Waals surface area contributed by atoms with Gasteiger partial charge in [0, 0.05) is 42.2 Å². The fourth-order valence-corrected chi connectivity index (χ4v) is 3.91. The SMILES string of the molecule is N#Cc1cc2c(cn1)[nH]c1ncc(-c3ccc(CN4CCC(O)C4)cc3)cc12. The first kappa shape index (κ1) is 16.9. The molecule has 6 nitrogen and oxygen atoms in total. The molecule has 0 spiro atoms. The Bertz CT molecular complexity index is 1210. The van der Waals surface area contributed by atoms with Crippen LogP contribution in [0.25, 0.3) is 33.1 Å². The topological polar surface area (TPSA) is 88.8 Å².